The molecule has 0 bridgehead atoms. The molecule has 0 aromatic carbocycles. The molecule has 0 aromatic heterocycles. The number of rotatable bonds is 6. The third-order valence-corrected chi connectivity index (χ3v) is 3.00. The van der Waals surface area contributed by atoms with E-state index < -0.39 is 11.9 Å². The van der Waals surface area contributed by atoms with E-state index in [4.69, 9.17) is 9.47 Å². The Hall–Kier alpha value is -0.380. The molecule has 1 N–H and O–H groups in total. The Morgan fingerprint density at radius 3 is 2.59 bits per heavy atom. The molecule has 1 heterocycles. The molecule has 3 nitrogen and oxygen atoms in total. The standard InChI is InChI=1S/C14H26O3/c1-5-7-9-11(8-6-2)13(15)12-10-16-14(3,4)17-12/h9,12-13,15H,5-8,10H2,1-4H3/b11-9+/t12-,13+/m1/s1. The van der Waals surface area contributed by atoms with Crippen LogP contribution in [0.15, 0.2) is 11.6 Å². The van der Waals surface area contributed by atoms with Crippen molar-refractivity contribution in [3.8, 4) is 0 Å². The van der Waals surface area contributed by atoms with Gasteiger partial charge in [0, 0.05) is 0 Å². The predicted molar refractivity (Wildman–Crippen MR) is 68.8 cm³/mol. The van der Waals surface area contributed by atoms with E-state index in [2.05, 4.69) is 19.9 Å². The highest BCUT2D eigenvalue weighted by molar-refractivity contribution is 5.11. The molecule has 1 rings (SSSR count). The van der Waals surface area contributed by atoms with Crippen molar-refractivity contribution >= 4 is 0 Å². The monoisotopic (exact) mass is 242 g/mol. The Kier molecular flexibility index (Phi) is 5.63. The average Bonchev–Trinajstić information content (AvgIpc) is 2.64. The van der Waals surface area contributed by atoms with Crippen LogP contribution in [0.5, 0.6) is 0 Å². The van der Waals surface area contributed by atoms with Gasteiger partial charge >= 0.3 is 0 Å². The van der Waals surface area contributed by atoms with E-state index in [-0.39, 0.29) is 6.10 Å². The van der Waals surface area contributed by atoms with E-state index in [9.17, 15) is 5.11 Å². The van der Waals surface area contributed by atoms with Crippen molar-refractivity contribution in [1.82, 2.24) is 0 Å². The topological polar surface area (TPSA) is 38.7 Å². The summed E-state index contributed by atoms with van der Waals surface area (Å²) in [6, 6.07) is 0. The second kappa shape index (κ2) is 6.53. The molecule has 2 atom stereocenters. The molecule has 0 spiro atoms. The average molecular weight is 242 g/mol. The van der Waals surface area contributed by atoms with Gasteiger partial charge in [0.25, 0.3) is 0 Å². The molecule has 3 heteroatoms. The summed E-state index contributed by atoms with van der Waals surface area (Å²) in [5, 5.41) is 10.3. The summed E-state index contributed by atoms with van der Waals surface area (Å²) in [5.74, 6) is -0.562. The molecule has 1 aliphatic heterocycles. The van der Waals surface area contributed by atoms with Crippen molar-refractivity contribution in [2.45, 2.75) is 71.4 Å². The number of hydrogen-bond donors (Lipinski definition) is 1. The number of aliphatic hydroxyl groups excluding tert-OH is 1. The van der Waals surface area contributed by atoms with Gasteiger partial charge in [0.1, 0.15) is 12.2 Å². The first-order valence-electron chi connectivity index (χ1n) is 6.69. The first kappa shape index (κ1) is 14.7. The molecule has 1 fully saturated rings. The molecular formula is C14H26O3. The molecule has 0 aromatic rings. The summed E-state index contributed by atoms with van der Waals surface area (Å²) in [6.45, 7) is 8.51. The van der Waals surface area contributed by atoms with Crippen LogP contribution in [0.1, 0.15) is 53.4 Å². The van der Waals surface area contributed by atoms with E-state index in [0.717, 1.165) is 31.3 Å². The van der Waals surface area contributed by atoms with Gasteiger partial charge in [-0.25, -0.2) is 0 Å². The molecule has 0 amide bonds. The van der Waals surface area contributed by atoms with E-state index in [1.54, 1.807) is 0 Å². The third-order valence-electron chi connectivity index (χ3n) is 3.00. The lowest BCUT2D eigenvalue weighted by Crippen LogP contribution is -2.32. The van der Waals surface area contributed by atoms with Crippen LogP contribution in [0.25, 0.3) is 0 Å². The van der Waals surface area contributed by atoms with Crippen molar-refractivity contribution in [2.24, 2.45) is 0 Å². The zero-order chi connectivity index (χ0) is 12.9. The lowest BCUT2D eigenvalue weighted by Gasteiger charge is -2.22. The summed E-state index contributed by atoms with van der Waals surface area (Å²) >= 11 is 0. The van der Waals surface area contributed by atoms with Crippen LogP contribution in [-0.2, 0) is 9.47 Å². The van der Waals surface area contributed by atoms with Crippen molar-refractivity contribution in [2.75, 3.05) is 6.61 Å². The number of allylic oxidation sites excluding steroid dienone is 1. The molecule has 0 radical (unpaired) electrons. The fourth-order valence-electron chi connectivity index (χ4n) is 2.10. The highest BCUT2D eigenvalue weighted by Gasteiger charge is 2.37. The molecule has 17 heavy (non-hydrogen) atoms. The SMILES string of the molecule is CCC/C=C(\CCC)[C@H](O)[C@H]1COC(C)(C)O1. The van der Waals surface area contributed by atoms with E-state index in [1.807, 2.05) is 13.8 Å². The first-order valence-corrected chi connectivity index (χ1v) is 6.69. The zero-order valence-corrected chi connectivity index (χ0v) is 11.5. The van der Waals surface area contributed by atoms with Gasteiger partial charge in [-0.3, -0.25) is 0 Å². The van der Waals surface area contributed by atoms with E-state index in [1.165, 1.54) is 0 Å². The van der Waals surface area contributed by atoms with Crippen LogP contribution in [0, 0.1) is 0 Å². The molecule has 1 saturated heterocycles. The zero-order valence-electron chi connectivity index (χ0n) is 11.5. The smallest absolute Gasteiger partial charge is 0.163 e. The van der Waals surface area contributed by atoms with Gasteiger partial charge in [-0.1, -0.05) is 32.8 Å². The number of hydrogen-bond acceptors (Lipinski definition) is 3. The Morgan fingerprint density at radius 2 is 2.12 bits per heavy atom. The van der Waals surface area contributed by atoms with Crippen molar-refractivity contribution in [3.63, 3.8) is 0 Å². The minimum absolute atomic E-state index is 0.223. The fourth-order valence-corrected chi connectivity index (χ4v) is 2.10. The van der Waals surface area contributed by atoms with Crippen LogP contribution in [0.2, 0.25) is 0 Å². The van der Waals surface area contributed by atoms with Crippen molar-refractivity contribution in [1.29, 1.82) is 0 Å². The van der Waals surface area contributed by atoms with Gasteiger partial charge in [0.2, 0.25) is 0 Å². The second-order valence-corrected chi connectivity index (χ2v) is 5.13. The normalized spacial score (nSPS) is 26.2. The Bertz CT molecular complexity index is 258. The fraction of sp³-hybridized carbons (Fsp3) is 0.857. The number of aliphatic hydroxyl groups is 1. The largest absolute Gasteiger partial charge is 0.386 e. The van der Waals surface area contributed by atoms with Gasteiger partial charge in [-0.05, 0) is 32.3 Å². The lowest BCUT2D eigenvalue weighted by molar-refractivity contribution is -0.148. The summed E-state index contributed by atoms with van der Waals surface area (Å²) in [6.07, 6.45) is 5.51. The molecule has 100 valence electrons. The quantitative estimate of drug-likeness (QED) is 0.728. The van der Waals surface area contributed by atoms with Crippen LogP contribution in [0.3, 0.4) is 0 Å². The van der Waals surface area contributed by atoms with Gasteiger partial charge in [-0.15, -0.1) is 0 Å². The number of ether oxygens (including phenoxy) is 2. The highest BCUT2D eigenvalue weighted by Crippen LogP contribution is 2.28. The Morgan fingerprint density at radius 1 is 1.41 bits per heavy atom. The van der Waals surface area contributed by atoms with Crippen LogP contribution >= 0.6 is 0 Å². The van der Waals surface area contributed by atoms with Gasteiger partial charge in [0.05, 0.1) is 6.61 Å². The maximum absolute atomic E-state index is 10.3. The maximum atomic E-state index is 10.3. The molecule has 0 saturated carbocycles. The van der Waals surface area contributed by atoms with Gasteiger partial charge < -0.3 is 14.6 Å². The molecule has 1 aliphatic rings. The summed E-state index contributed by atoms with van der Waals surface area (Å²) in [7, 11) is 0. The molecular weight excluding hydrogens is 216 g/mol. The van der Waals surface area contributed by atoms with Gasteiger partial charge in [0.15, 0.2) is 5.79 Å². The van der Waals surface area contributed by atoms with Crippen molar-refractivity contribution in [3.05, 3.63) is 11.6 Å². The first-order chi connectivity index (χ1) is 8.00. The summed E-state index contributed by atoms with van der Waals surface area (Å²) in [4.78, 5) is 0. The van der Waals surface area contributed by atoms with Crippen LogP contribution in [-0.4, -0.2) is 29.7 Å². The summed E-state index contributed by atoms with van der Waals surface area (Å²) in [5.41, 5.74) is 1.10. The predicted octanol–water partition coefficient (Wildman–Crippen LogP) is 3.03. The maximum Gasteiger partial charge on any atom is 0.163 e. The van der Waals surface area contributed by atoms with Gasteiger partial charge in [-0.2, -0.15) is 0 Å². The second-order valence-electron chi connectivity index (χ2n) is 5.13. The van der Waals surface area contributed by atoms with Crippen molar-refractivity contribution < 1.29 is 14.6 Å². The number of unbranched alkanes of at least 4 members (excludes halogenated alkanes) is 1. The minimum atomic E-state index is -0.562. The van der Waals surface area contributed by atoms with Crippen LogP contribution < -0.4 is 0 Å². The highest BCUT2D eigenvalue weighted by atomic mass is 16.7. The minimum Gasteiger partial charge on any atom is -0.386 e. The lowest BCUT2D eigenvalue weighted by atomic mass is 9.99. The van der Waals surface area contributed by atoms with Crippen LogP contribution in [0.4, 0.5) is 0 Å². The molecule has 0 aliphatic carbocycles. The third kappa shape index (κ3) is 4.41. The van der Waals surface area contributed by atoms with E-state index >= 15 is 0 Å². The Balaban J connectivity index is 2.62. The Labute approximate surface area is 105 Å². The summed E-state index contributed by atoms with van der Waals surface area (Å²) < 4.78 is 11.2. The van der Waals surface area contributed by atoms with E-state index in [0.29, 0.717) is 6.61 Å². The molecule has 0 unspecified atom stereocenters.